The van der Waals surface area contributed by atoms with E-state index in [-0.39, 0.29) is 17.1 Å². The third-order valence-corrected chi connectivity index (χ3v) is 8.08. The summed E-state index contributed by atoms with van der Waals surface area (Å²) in [4.78, 5) is 44.3. The van der Waals surface area contributed by atoms with E-state index in [0.717, 1.165) is 22.5 Å². The predicted octanol–water partition coefficient (Wildman–Crippen LogP) is 6.17. The zero-order valence-electron chi connectivity index (χ0n) is 24.0. The molecular formula is C33H29FN6O2S2. The van der Waals surface area contributed by atoms with Crippen LogP contribution in [0.15, 0.2) is 107 Å². The maximum absolute atomic E-state index is 14.8. The van der Waals surface area contributed by atoms with Gasteiger partial charge in [-0.1, -0.05) is 102 Å². The van der Waals surface area contributed by atoms with Gasteiger partial charge in [0.1, 0.15) is 22.0 Å². The van der Waals surface area contributed by atoms with Crippen LogP contribution >= 0.6 is 23.5 Å². The van der Waals surface area contributed by atoms with Crippen molar-refractivity contribution in [2.24, 2.45) is 0 Å². The standard InChI is InChI=1S/C33H29FN6O2S2/c1-21-17-29(39-31(35-21)23-11-5-3-6-12-23)43-19-27(41)37-33(25-15-9-10-16-26(25)34)38-28(42)20-44-30-18-22(2)36-32(40-30)24-13-7-4-8-14-24/h3-18,33H,19-20H2,1-2H3,(H,37,41)(H,38,42). The Labute approximate surface area is 263 Å². The molecule has 0 fully saturated rings. The number of hydrogen-bond donors (Lipinski definition) is 2. The molecule has 0 unspecified atom stereocenters. The lowest BCUT2D eigenvalue weighted by Crippen LogP contribution is -2.42. The predicted molar refractivity (Wildman–Crippen MR) is 171 cm³/mol. The molecule has 5 rings (SSSR count). The fourth-order valence-corrected chi connectivity index (χ4v) is 5.78. The maximum Gasteiger partial charge on any atom is 0.232 e. The molecule has 0 aliphatic heterocycles. The van der Waals surface area contributed by atoms with E-state index < -0.39 is 23.8 Å². The lowest BCUT2D eigenvalue weighted by molar-refractivity contribution is -0.121. The van der Waals surface area contributed by atoms with Crippen molar-refractivity contribution in [3.05, 3.63) is 120 Å². The van der Waals surface area contributed by atoms with Crippen LogP contribution in [0.3, 0.4) is 0 Å². The van der Waals surface area contributed by atoms with Gasteiger partial charge in [-0.25, -0.2) is 24.3 Å². The van der Waals surface area contributed by atoms with E-state index in [4.69, 9.17) is 0 Å². The van der Waals surface area contributed by atoms with Gasteiger partial charge in [-0.3, -0.25) is 9.59 Å². The Morgan fingerprint density at radius 3 is 1.55 bits per heavy atom. The van der Waals surface area contributed by atoms with Crippen LogP contribution in [0, 0.1) is 19.7 Å². The average Bonchev–Trinajstić information content (AvgIpc) is 3.03. The van der Waals surface area contributed by atoms with Gasteiger partial charge in [-0.05, 0) is 32.0 Å². The smallest absolute Gasteiger partial charge is 0.232 e. The van der Waals surface area contributed by atoms with Crippen LogP contribution in [0.25, 0.3) is 22.8 Å². The molecule has 2 aromatic heterocycles. The van der Waals surface area contributed by atoms with E-state index >= 15 is 0 Å². The summed E-state index contributed by atoms with van der Waals surface area (Å²) in [6, 6.07) is 28.8. The van der Waals surface area contributed by atoms with E-state index in [9.17, 15) is 14.0 Å². The fraction of sp³-hybridized carbons (Fsp3) is 0.152. The van der Waals surface area contributed by atoms with Crippen molar-refractivity contribution >= 4 is 35.3 Å². The van der Waals surface area contributed by atoms with E-state index in [1.807, 2.05) is 74.5 Å². The number of thioether (sulfide) groups is 2. The second kappa shape index (κ2) is 14.7. The van der Waals surface area contributed by atoms with Crippen LogP contribution in [-0.4, -0.2) is 43.3 Å². The zero-order chi connectivity index (χ0) is 30.9. The largest absolute Gasteiger partial charge is 0.331 e. The Morgan fingerprint density at radius 1 is 0.659 bits per heavy atom. The first-order chi connectivity index (χ1) is 21.3. The van der Waals surface area contributed by atoms with Crippen molar-refractivity contribution in [1.29, 1.82) is 0 Å². The van der Waals surface area contributed by atoms with Crippen LogP contribution in [0.4, 0.5) is 4.39 Å². The van der Waals surface area contributed by atoms with E-state index in [1.54, 1.807) is 24.3 Å². The Bertz CT molecular complexity index is 1650. The Hall–Kier alpha value is -4.61. The van der Waals surface area contributed by atoms with Crippen molar-refractivity contribution in [2.45, 2.75) is 30.1 Å². The topological polar surface area (TPSA) is 110 Å². The number of carbonyl (C=O) groups excluding carboxylic acids is 2. The Balaban J connectivity index is 1.24. The fourth-order valence-electron chi connectivity index (χ4n) is 4.24. The Morgan fingerprint density at radius 2 is 1.09 bits per heavy atom. The second-order valence-electron chi connectivity index (χ2n) is 9.74. The first-order valence-corrected chi connectivity index (χ1v) is 15.7. The third-order valence-electron chi connectivity index (χ3n) is 6.25. The summed E-state index contributed by atoms with van der Waals surface area (Å²) >= 11 is 2.46. The lowest BCUT2D eigenvalue weighted by atomic mass is 10.1. The number of nitrogens with one attached hydrogen (secondary N) is 2. The van der Waals surface area contributed by atoms with Gasteiger partial charge in [0.05, 0.1) is 11.5 Å². The number of aromatic nitrogens is 4. The molecule has 0 saturated carbocycles. The average molecular weight is 625 g/mol. The van der Waals surface area contributed by atoms with Gasteiger partial charge in [-0.2, -0.15) is 0 Å². The molecule has 0 spiro atoms. The minimum atomic E-state index is -1.07. The highest BCUT2D eigenvalue weighted by Gasteiger charge is 2.21. The number of rotatable bonds is 11. The lowest BCUT2D eigenvalue weighted by Gasteiger charge is -2.21. The monoisotopic (exact) mass is 624 g/mol. The number of hydrogen-bond acceptors (Lipinski definition) is 8. The quantitative estimate of drug-likeness (QED) is 0.102. The summed E-state index contributed by atoms with van der Waals surface area (Å²) in [6.07, 6.45) is -1.07. The van der Waals surface area contributed by atoms with Gasteiger partial charge in [-0.15, -0.1) is 0 Å². The number of amides is 2. The molecule has 2 amide bonds. The molecule has 8 nitrogen and oxygen atoms in total. The van der Waals surface area contributed by atoms with Crippen molar-refractivity contribution in [3.63, 3.8) is 0 Å². The molecule has 222 valence electrons. The molecule has 0 aliphatic rings. The molecule has 3 aromatic carbocycles. The third kappa shape index (κ3) is 8.48. The summed E-state index contributed by atoms with van der Waals surface area (Å²) in [5.41, 5.74) is 3.43. The molecule has 0 radical (unpaired) electrons. The highest BCUT2D eigenvalue weighted by Crippen LogP contribution is 2.24. The van der Waals surface area contributed by atoms with Crippen LogP contribution in [0.5, 0.6) is 0 Å². The molecule has 11 heteroatoms. The van der Waals surface area contributed by atoms with Crippen molar-refractivity contribution in [2.75, 3.05) is 11.5 Å². The van der Waals surface area contributed by atoms with E-state index in [1.165, 1.54) is 35.7 Å². The van der Waals surface area contributed by atoms with E-state index in [2.05, 4.69) is 30.6 Å². The summed E-state index contributed by atoms with van der Waals surface area (Å²) in [5, 5.41) is 6.79. The number of nitrogens with zero attached hydrogens (tertiary/aromatic N) is 4. The van der Waals surface area contributed by atoms with Crippen molar-refractivity contribution in [3.8, 4) is 22.8 Å². The Kier molecular flexibility index (Phi) is 10.3. The minimum Gasteiger partial charge on any atom is -0.331 e. The molecular weight excluding hydrogens is 596 g/mol. The van der Waals surface area contributed by atoms with Gasteiger partial charge in [0.25, 0.3) is 0 Å². The number of benzene rings is 3. The molecule has 0 bridgehead atoms. The van der Waals surface area contributed by atoms with Gasteiger partial charge in [0, 0.05) is 28.1 Å². The zero-order valence-corrected chi connectivity index (χ0v) is 25.7. The summed E-state index contributed by atoms with van der Waals surface area (Å²) in [5.74, 6) is -0.197. The normalized spacial score (nSPS) is 10.9. The maximum atomic E-state index is 14.8. The minimum absolute atomic E-state index is 0.00271. The van der Waals surface area contributed by atoms with E-state index in [0.29, 0.717) is 21.7 Å². The second-order valence-corrected chi connectivity index (χ2v) is 11.7. The first-order valence-electron chi connectivity index (χ1n) is 13.7. The summed E-state index contributed by atoms with van der Waals surface area (Å²) in [6.45, 7) is 3.73. The molecule has 5 aromatic rings. The van der Waals surface area contributed by atoms with Crippen LogP contribution in [0.1, 0.15) is 23.1 Å². The molecule has 0 saturated heterocycles. The summed E-state index contributed by atoms with van der Waals surface area (Å²) < 4.78 is 14.8. The number of aryl methyl sites for hydroxylation is 2. The van der Waals surface area contributed by atoms with Gasteiger partial charge in [0.2, 0.25) is 11.8 Å². The molecule has 0 atom stereocenters. The molecule has 2 N–H and O–H groups in total. The summed E-state index contributed by atoms with van der Waals surface area (Å²) in [7, 11) is 0. The van der Waals surface area contributed by atoms with Crippen LogP contribution < -0.4 is 10.6 Å². The van der Waals surface area contributed by atoms with Crippen LogP contribution in [0.2, 0.25) is 0 Å². The van der Waals surface area contributed by atoms with Crippen molar-refractivity contribution in [1.82, 2.24) is 30.6 Å². The highest BCUT2D eigenvalue weighted by atomic mass is 32.2. The van der Waals surface area contributed by atoms with Gasteiger partial charge < -0.3 is 10.6 Å². The molecule has 0 aliphatic carbocycles. The van der Waals surface area contributed by atoms with Gasteiger partial charge >= 0.3 is 0 Å². The molecule has 44 heavy (non-hydrogen) atoms. The van der Waals surface area contributed by atoms with Crippen LogP contribution in [-0.2, 0) is 9.59 Å². The first kappa shape index (κ1) is 30.8. The SMILES string of the molecule is Cc1cc(SCC(=O)NC(NC(=O)CSc2cc(C)nc(-c3ccccc3)n2)c2ccccc2F)nc(-c2ccccc2)n1. The molecule has 2 heterocycles. The number of halogens is 1. The van der Waals surface area contributed by atoms with Gasteiger partial charge in [0.15, 0.2) is 11.6 Å². The number of carbonyl (C=O) groups is 2. The highest BCUT2D eigenvalue weighted by molar-refractivity contribution is 8.00. The van der Waals surface area contributed by atoms with Crippen molar-refractivity contribution < 1.29 is 14.0 Å².